The van der Waals surface area contributed by atoms with Crippen molar-refractivity contribution in [2.75, 3.05) is 0 Å². The molecule has 0 spiro atoms. The Morgan fingerprint density at radius 2 is 1.84 bits per heavy atom. The minimum absolute atomic E-state index is 0.0793. The number of aliphatic hydroxyl groups excluding tert-OH is 1. The maximum Gasteiger partial charge on any atom is 0.183 e. The minimum atomic E-state index is -3.62. The fourth-order valence-corrected chi connectivity index (χ4v) is 4.74. The molecule has 106 valence electrons. The van der Waals surface area contributed by atoms with Gasteiger partial charge in [-0.2, -0.15) is 0 Å². The number of aliphatic hydroxyl groups is 1. The standard InChI is InChI=1S/C14H19FO3S/c1-14(2)9-3-4-12(13(14)16)19(17,18)11-7-5-10(15)6-8-11/h5-8,12-13,16H,3-4,9H2,1-2H3. The van der Waals surface area contributed by atoms with Crippen LogP contribution in [0.25, 0.3) is 0 Å². The van der Waals surface area contributed by atoms with E-state index in [0.717, 1.165) is 25.0 Å². The summed E-state index contributed by atoms with van der Waals surface area (Å²) in [5.41, 5.74) is -0.407. The molecule has 0 saturated heterocycles. The molecule has 1 aliphatic rings. The Morgan fingerprint density at radius 3 is 2.42 bits per heavy atom. The lowest BCUT2D eigenvalue weighted by molar-refractivity contribution is 0.0167. The molecule has 5 heteroatoms. The average molecular weight is 286 g/mol. The molecule has 1 N–H and O–H groups in total. The monoisotopic (exact) mass is 286 g/mol. The lowest BCUT2D eigenvalue weighted by Crippen LogP contribution is -2.47. The highest BCUT2D eigenvalue weighted by molar-refractivity contribution is 7.92. The van der Waals surface area contributed by atoms with E-state index in [4.69, 9.17) is 0 Å². The molecule has 0 radical (unpaired) electrons. The molecular weight excluding hydrogens is 267 g/mol. The highest BCUT2D eigenvalue weighted by atomic mass is 32.2. The second kappa shape index (κ2) is 4.87. The third-order valence-corrected chi connectivity index (χ3v) is 6.22. The Labute approximate surface area is 113 Å². The molecule has 3 nitrogen and oxygen atoms in total. The third-order valence-electron chi connectivity index (χ3n) is 4.00. The van der Waals surface area contributed by atoms with Crippen LogP contribution in [0, 0.1) is 11.2 Å². The SMILES string of the molecule is CC1(C)CCCC(S(=O)(=O)c2ccc(F)cc2)C1O. The van der Waals surface area contributed by atoms with Crippen LogP contribution >= 0.6 is 0 Å². The first-order chi connectivity index (χ1) is 8.75. The normalized spacial score (nSPS) is 27.2. The van der Waals surface area contributed by atoms with Gasteiger partial charge >= 0.3 is 0 Å². The topological polar surface area (TPSA) is 54.4 Å². The van der Waals surface area contributed by atoms with E-state index in [1.807, 2.05) is 13.8 Å². The van der Waals surface area contributed by atoms with Crippen molar-refractivity contribution < 1.29 is 17.9 Å². The van der Waals surface area contributed by atoms with Gasteiger partial charge in [0.2, 0.25) is 0 Å². The van der Waals surface area contributed by atoms with Crippen LogP contribution in [0.15, 0.2) is 29.2 Å². The summed E-state index contributed by atoms with van der Waals surface area (Å²) in [5.74, 6) is -0.469. The van der Waals surface area contributed by atoms with Crippen molar-refractivity contribution in [3.05, 3.63) is 30.1 Å². The summed E-state index contributed by atoms with van der Waals surface area (Å²) in [5, 5.41) is 9.49. The molecule has 2 atom stereocenters. The van der Waals surface area contributed by atoms with Gasteiger partial charge in [0, 0.05) is 0 Å². The predicted molar refractivity (Wildman–Crippen MR) is 71.0 cm³/mol. The summed E-state index contributed by atoms with van der Waals surface area (Å²) < 4.78 is 37.9. The fourth-order valence-electron chi connectivity index (χ4n) is 2.69. The molecule has 1 aromatic rings. The van der Waals surface area contributed by atoms with Gasteiger partial charge in [0.25, 0.3) is 0 Å². The molecule has 1 fully saturated rings. The number of rotatable bonds is 2. The van der Waals surface area contributed by atoms with Gasteiger partial charge in [-0.15, -0.1) is 0 Å². The van der Waals surface area contributed by atoms with E-state index < -0.39 is 32.4 Å². The number of halogens is 1. The van der Waals surface area contributed by atoms with Crippen molar-refractivity contribution in [3.63, 3.8) is 0 Å². The van der Waals surface area contributed by atoms with Crippen molar-refractivity contribution >= 4 is 9.84 Å². The largest absolute Gasteiger partial charge is 0.391 e. The second-order valence-electron chi connectivity index (χ2n) is 5.86. The van der Waals surface area contributed by atoms with E-state index >= 15 is 0 Å². The van der Waals surface area contributed by atoms with Crippen LogP contribution in [0.5, 0.6) is 0 Å². The van der Waals surface area contributed by atoms with Gasteiger partial charge < -0.3 is 5.11 Å². The maximum atomic E-state index is 12.9. The van der Waals surface area contributed by atoms with Gasteiger partial charge in [-0.1, -0.05) is 20.3 Å². The first-order valence-corrected chi connectivity index (χ1v) is 7.97. The molecule has 19 heavy (non-hydrogen) atoms. The van der Waals surface area contributed by atoms with Crippen LogP contribution in [0.2, 0.25) is 0 Å². The van der Waals surface area contributed by atoms with Crippen LogP contribution in [-0.2, 0) is 9.84 Å². The molecule has 0 bridgehead atoms. The molecule has 1 aliphatic carbocycles. The van der Waals surface area contributed by atoms with E-state index in [-0.39, 0.29) is 4.90 Å². The number of benzene rings is 1. The quantitative estimate of drug-likeness (QED) is 0.850. The van der Waals surface area contributed by atoms with Gasteiger partial charge in [-0.3, -0.25) is 0 Å². The number of sulfone groups is 1. The number of hydrogen-bond acceptors (Lipinski definition) is 3. The van der Waals surface area contributed by atoms with Gasteiger partial charge in [0.15, 0.2) is 9.84 Å². The Hall–Kier alpha value is -0.940. The van der Waals surface area contributed by atoms with Crippen molar-refractivity contribution in [2.24, 2.45) is 5.41 Å². The lowest BCUT2D eigenvalue weighted by atomic mass is 9.75. The molecule has 1 aromatic carbocycles. The molecule has 2 rings (SSSR count). The van der Waals surface area contributed by atoms with Gasteiger partial charge in [-0.05, 0) is 42.5 Å². The minimum Gasteiger partial charge on any atom is -0.391 e. The van der Waals surface area contributed by atoms with Crippen molar-refractivity contribution in [1.29, 1.82) is 0 Å². The average Bonchev–Trinajstić information content (AvgIpc) is 2.33. The molecule has 0 aliphatic heterocycles. The lowest BCUT2D eigenvalue weighted by Gasteiger charge is -2.40. The van der Waals surface area contributed by atoms with Crippen LogP contribution in [0.3, 0.4) is 0 Å². The first-order valence-electron chi connectivity index (χ1n) is 6.43. The third kappa shape index (κ3) is 2.67. The van der Waals surface area contributed by atoms with Crippen molar-refractivity contribution in [2.45, 2.75) is 49.4 Å². The van der Waals surface area contributed by atoms with E-state index in [9.17, 15) is 17.9 Å². The molecule has 0 heterocycles. The van der Waals surface area contributed by atoms with E-state index in [2.05, 4.69) is 0 Å². The molecule has 2 unspecified atom stereocenters. The molecular formula is C14H19FO3S. The van der Waals surface area contributed by atoms with Crippen LogP contribution in [0.4, 0.5) is 4.39 Å². The van der Waals surface area contributed by atoms with E-state index in [1.165, 1.54) is 12.1 Å². The zero-order valence-electron chi connectivity index (χ0n) is 11.1. The van der Waals surface area contributed by atoms with E-state index in [0.29, 0.717) is 6.42 Å². The number of hydrogen-bond donors (Lipinski definition) is 1. The van der Waals surface area contributed by atoms with Gasteiger partial charge in [-0.25, -0.2) is 12.8 Å². The fraction of sp³-hybridized carbons (Fsp3) is 0.571. The van der Waals surface area contributed by atoms with E-state index in [1.54, 1.807) is 0 Å². The summed E-state index contributed by atoms with van der Waals surface area (Å²) >= 11 is 0. The van der Waals surface area contributed by atoms with Crippen LogP contribution in [-0.4, -0.2) is 24.9 Å². The molecule has 0 amide bonds. The van der Waals surface area contributed by atoms with Crippen molar-refractivity contribution in [3.8, 4) is 0 Å². The maximum absolute atomic E-state index is 12.9. The highest BCUT2D eigenvalue weighted by Crippen LogP contribution is 2.40. The Kier molecular flexibility index (Phi) is 3.71. The smallest absolute Gasteiger partial charge is 0.183 e. The molecule has 0 aromatic heterocycles. The first kappa shape index (κ1) is 14.5. The van der Waals surface area contributed by atoms with Crippen LogP contribution < -0.4 is 0 Å². The second-order valence-corrected chi connectivity index (χ2v) is 8.03. The predicted octanol–water partition coefficient (Wildman–Crippen LogP) is 2.54. The zero-order valence-corrected chi connectivity index (χ0v) is 12.0. The van der Waals surface area contributed by atoms with Gasteiger partial charge in [0.1, 0.15) is 5.82 Å². The Morgan fingerprint density at radius 1 is 1.26 bits per heavy atom. The Bertz CT molecular complexity index is 549. The summed E-state index contributed by atoms with van der Waals surface area (Å²) in [7, 11) is -3.62. The summed E-state index contributed by atoms with van der Waals surface area (Å²) in [6, 6.07) is 4.79. The summed E-state index contributed by atoms with van der Waals surface area (Å²) in [4.78, 5) is 0.0793. The van der Waals surface area contributed by atoms with Gasteiger partial charge in [0.05, 0.1) is 16.2 Å². The molecule has 1 saturated carbocycles. The summed E-state index contributed by atoms with van der Waals surface area (Å²) in [6.07, 6.45) is 1.14. The highest BCUT2D eigenvalue weighted by Gasteiger charge is 2.44. The zero-order chi connectivity index (χ0) is 14.3. The summed E-state index contributed by atoms with van der Waals surface area (Å²) in [6.45, 7) is 3.76. The van der Waals surface area contributed by atoms with Crippen molar-refractivity contribution in [1.82, 2.24) is 0 Å². The Balaban J connectivity index is 2.36. The van der Waals surface area contributed by atoms with Crippen LogP contribution in [0.1, 0.15) is 33.1 Å².